The third kappa shape index (κ3) is 6.01. The van der Waals surface area contributed by atoms with Gasteiger partial charge < -0.3 is 15.7 Å². The Hall–Kier alpha value is -1.98. The quantitative estimate of drug-likeness (QED) is 0.258. The van der Waals surface area contributed by atoms with Crippen LogP contribution < -0.4 is 10.6 Å². The van der Waals surface area contributed by atoms with Crippen molar-refractivity contribution >= 4 is 41.3 Å². The summed E-state index contributed by atoms with van der Waals surface area (Å²) in [7, 11) is 0. The van der Waals surface area contributed by atoms with E-state index in [2.05, 4.69) is 25.7 Å². The maximum absolute atomic E-state index is 10.6. The van der Waals surface area contributed by atoms with Crippen molar-refractivity contribution in [2.24, 2.45) is 4.99 Å². The molecule has 150 valence electrons. The predicted molar refractivity (Wildman–Crippen MR) is 123 cm³/mol. The van der Waals surface area contributed by atoms with Gasteiger partial charge >= 0.3 is 0 Å². The van der Waals surface area contributed by atoms with Crippen LogP contribution in [0.15, 0.2) is 58.7 Å². The smallest absolute Gasteiger partial charge is 0.191 e. The van der Waals surface area contributed by atoms with Crippen LogP contribution in [-0.2, 0) is 12.1 Å². The molecule has 7 nitrogen and oxygen atoms in total. The van der Waals surface area contributed by atoms with E-state index in [1.165, 1.54) is 6.33 Å². The van der Waals surface area contributed by atoms with Crippen molar-refractivity contribution in [1.82, 2.24) is 25.4 Å². The van der Waals surface area contributed by atoms with E-state index in [1.807, 2.05) is 48.0 Å². The normalized spacial score (nSPS) is 13.5. The highest BCUT2D eigenvalue weighted by Gasteiger charge is 2.23. The van der Waals surface area contributed by atoms with Gasteiger partial charge in [-0.05, 0) is 53.9 Å². The second kappa shape index (κ2) is 10.5. The molecule has 2 heterocycles. The van der Waals surface area contributed by atoms with Crippen LogP contribution in [0.1, 0.15) is 25.0 Å². The average molecular weight is 512 g/mol. The number of aromatic nitrogens is 3. The fraction of sp³-hybridized carbons (Fsp3) is 0.316. The number of hydrogen-bond donors (Lipinski definition) is 3. The lowest BCUT2D eigenvalue weighted by molar-refractivity contribution is 0.0621. The molecule has 9 heteroatoms. The zero-order valence-corrected chi connectivity index (χ0v) is 19.0. The highest BCUT2D eigenvalue weighted by molar-refractivity contribution is 14.0. The molecule has 1 unspecified atom stereocenters. The minimum Gasteiger partial charge on any atom is -0.384 e. The Balaban J connectivity index is 0.00000280. The van der Waals surface area contributed by atoms with Crippen LogP contribution in [0.2, 0.25) is 0 Å². The molecule has 0 saturated heterocycles. The van der Waals surface area contributed by atoms with E-state index in [4.69, 9.17) is 0 Å². The molecule has 3 rings (SSSR count). The van der Waals surface area contributed by atoms with E-state index in [1.54, 1.807) is 29.3 Å². The molecule has 0 aliphatic rings. The third-order valence-corrected chi connectivity index (χ3v) is 4.81. The van der Waals surface area contributed by atoms with E-state index >= 15 is 0 Å². The van der Waals surface area contributed by atoms with Gasteiger partial charge in [0.05, 0.1) is 18.8 Å². The molecule has 1 atom stereocenters. The van der Waals surface area contributed by atoms with Gasteiger partial charge in [0.2, 0.25) is 0 Å². The molecule has 0 radical (unpaired) electrons. The summed E-state index contributed by atoms with van der Waals surface area (Å²) >= 11 is 1.57. The van der Waals surface area contributed by atoms with Crippen molar-refractivity contribution in [3.63, 3.8) is 0 Å². The summed E-state index contributed by atoms with van der Waals surface area (Å²) in [5.74, 6) is 0.674. The van der Waals surface area contributed by atoms with Crippen molar-refractivity contribution in [3.8, 4) is 5.69 Å². The Kier molecular flexibility index (Phi) is 8.39. The largest absolute Gasteiger partial charge is 0.384 e. The lowest BCUT2D eigenvalue weighted by Gasteiger charge is -2.24. The number of aliphatic hydroxyl groups is 1. The van der Waals surface area contributed by atoms with Crippen molar-refractivity contribution in [1.29, 1.82) is 0 Å². The van der Waals surface area contributed by atoms with Gasteiger partial charge in [0.1, 0.15) is 18.3 Å². The molecular weight excluding hydrogens is 487 g/mol. The number of hydrogen-bond acceptors (Lipinski definition) is 5. The second-order valence-electron chi connectivity index (χ2n) is 6.34. The Morgan fingerprint density at radius 2 is 2.04 bits per heavy atom. The number of nitrogens with zero attached hydrogens (tertiary/aromatic N) is 4. The van der Waals surface area contributed by atoms with E-state index < -0.39 is 5.60 Å². The van der Waals surface area contributed by atoms with Crippen LogP contribution in [0.4, 0.5) is 0 Å². The molecule has 3 aromatic rings. The van der Waals surface area contributed by atoms with Crippen LogP contribution in [0.25, 0.3) is 5.69 Å². The van der Waals surface area contributed by atoms with Gasteiger partial charge in [0.15, 0.2) is 5.96 Å². The Morgan fingerprint density at radius 3 is 2.64 bits per heavy atom. The number of halogens is 1. The van der Waals surface area contributed by atoms with E-state index in [0.29, 0.717) is 19.0 Å². The molecule has 0 bridgehead atoms. The summed E-state index contributed by atoms with van der Waals surface area (Å²) in [5, 5.41) is 25.1. The van der Waals surface area contributed by atoms with Crippen LogP contribution >= 0.6 is 35.3 Å². The zero-order valence-electron chi connectivity index (χ0n) is 15.9. The molecule has 0 aliphatic heterocycles. The molecule has 0 fully saturated rings. The van der Waals surface area contributed by atoms with Crippen LogP contribution in [0.5, 0.6) is 0 Å². The van der Waals surface area contributed by atoms with Crippen molar-refractivity contribution in [3.05, 3.63) is 64.9 Å². The van der Waals surface area contributed by atoms with Gasteiger partial charge in [-0.2, -0.15) is 16.4 Å². The minimum absolute atomic E-state index is 0. The molecule has 0 aliphatic carbocycles. The second-order valence-corrected chi connectivity index (χ2v) is 7.12. The standard InChI is InChI=1S/C19H24N6OS.HI/c1-3-21-18(23-12-19(2,26)16-8-9-27-11-16)22-10-15-4-6-17(7-5-15)25-14-20-13-24-25;/h4-9,11,13-14,26H,3,10,12H2,1-2H3,(H2,21,22,23);1H. The van der Waals surface area contributed by atoms with Gasteiger partial charge in [-0.25, -0.2) is 14.7 Å². The molecule has 2 aromatic heterocycles. The molecule has 0 spiro atoms. The van der Waals surface area contributed by atoms with Crippen molar-refractivity contribution in [2.45, 2.75) is 26.0 Å². The Bertz CT molecular complexity index is 847. The molecule has 1 aromatic carbocycles. The van der Waals surface area contributed by atoms with E-state index in [0.717, 1.165) is 23.4 Å². The number of benzene rings is 1. The predicted octanol–water partition coefficient (Wildman–Crippen LogP) is 2.91. The minimum atomic E-state index is -0.949. The summed E-state index contributed by atoms with van der Waals surface area (Å²) in [6, 6.07) is 9.95. The number of guanidine groups is 1. The van der Waals surface area contributed by atoms with Gasteiger partial charge in [-0.1, -0.05) is 12.1 Å². The lowest BCUT2D eigenvalue weighted by Crippen LogP contribution is -2.44. The SMILES string of the molecule is CCNC(=NCc1ccc(-n2cncn2)cc1)NCC(C)(O)c1ccsc1.I. The highest BCUT2D eigenvalue weighted by atomic mass is 127. The van der Waals surface area contributed by atoms with Crippen LogP contribution in [0.3, 0.4) is 0 Å². The van der Waals surface area contributed by atoms with E-state index in [9.17, 15) is 5.11 Å². The maximum Gasteiger partial charge on any atom is 0.191 e. The highest BCUT2D eigenvalue weighted by Crippen LogP contribution is 2.21. The van der Waals surface area contributed by atoms with Crippen LogP contribution in [-0.4, -0.2) is 38.9 Å². The number of rotatable bonds is 7. The summed E-state index contributed by atoms with van der Waals surface area (Å²) in [6.07, 6.45) is 3.18. The summed E-state index contributed by atoms with van der Waals surface area (Å²) in [4.78, 5) is 8.56. The summed E-state index contributed by atoms with van der Waals surface area (Å²) < 4.78 is 1.71. The fourth-order valence-corrected chi connectivity index (χ4v) is 3.32. The monoisotopic (exact) mass is 512 g/mol. The van der Waals surface area contributed by atoms with Gasteiger partial charge in [-0.15, -0.1) is 24.0 Å². The number of nitrogens with one attached hydrogen (secondary N) is 2. The average Bonchev–Trinajstić information content (AvgIpc) is 3.39. The van der Waals surface area contributed by atoms with Gasteiger partial charge in [-0.3, -0.25) is 0 Å². The van der Waals surface area contributed by atoms with Crippen LogP contribution in [0, 0.1) is 0 Å². The fourth-order valence-electron chi connectivity index (χ4n) is 2.54. The van der Waals surface area contributed by atoms with Crippen molar-refractivity contribution < 1.29 is 5.11 Å². The zero-order chi connectivity index (χ0) is 19.1. The summed E-state index contributed by atoms with van der Waals surface area (Å²) in [6.45, 7) is 5.47. The molecule has 0 amide bonds. The first-order valence-electron chi connectivity index (χ1n) is 8.79. The summed E-state index contributed by atoms with van der Waals surface area (Å²) in [5.41, 5.74) is 1.99. The Labute approximate surface area is 186 Å². The molecular formula is C19H25IN6OS. The topological polar surface area (TPSA) is 87.4 Å². The molecule has 28 heavy (non-hydrogen) atoms. The van der Waals surface area contributed by atoms with Gasteiger partial charge in [0.25, 0.3) is 0 Å². The molecule has 0 saturated carbocycles. The number of thiophene rings is 1. The Morgan fingerprint density at radius 1 is 1.25 bits per heavy atom. The first-order chi connectivity index (χ1) is 13.1. The first kappa shape index (κ1) is 22.3. The van der Waals surface area contributed by atoms with Gasteiger partial charge in [0, 0.05) is 6.54 Å². The third-order valence-electron chi connectivity index (χ3n) is 4.13. The lowest BCUT2D eigenvalue weighted by atomic mass is 9.99. The number of aliphatic imine (C=N–C) groups is 1. The first-order valence-corrected chi connectivity index (χ1v) is 9.74. The molecule has 3 N–H and O–H groups in total. The van der Waals surface area contributed by atoms with Crippen molar-refractivity contribution in [2.75, 3.05) is 13.1 Å². The maximum atomic E-state index is 10.6. The van der Waals surface area contributed by atoms with E-state index in [-0.39, 0.29) is 24.0 Å².